The Balaban J connectivity index is 1.55. The Morgan fingerprint density at radius 2 is 1.79 bits per heavy atom. The van der Waals surface area contributed by atoms with Crippen molar-refractivity contribution in [2.75, 3.05) is 7.11 Å². The number of ether oxygens (including phenoxy) is 2. The smallest absolute Gasteiger partial charge is 0.329 e. The first-order chi connectivity index (χ1) is 16.4. The maximum atomic E-state index is 14.0. The lowest BCUT2D eigenvalue weighted by Crippen LogP contribution is -2.30. The highest BCUT2D eigenvalue weighted by Crippen LogP contribution is 2.36. The molecule has 3 aromatic rings. The van der Waals surface area contributed by atoms with E-state index in [2.05, 4.69) is 27.9 Å². The van der Waals surface area contributed by atoms with E-state index in [1.807, 2.05) is 18.2 Å². The van der Waals surface area contributed by atoms with Crippen molar-refractivity contribution < 1.29 is 23.5 Å². The normalized spacial score (nSPS) is 14.5. The van der Waals surface area contributed by atoms with E-state index in [1.54, 1.807) is 36.4 Å². The van der Waals surface area contributed by atoms with E-state index in [-0.39, 0.29) is 24.4 Å². The van der Waals surface area contributed by atoms with Crippen LogP contribution in [-0.4, -0.2) is 23.9 Å². The number of hydrogen-bond acceptors (Lipinski definition) is 4. The van der Waals surface area contributed by atoms with E-state index < -0.39 is 17.8 Å². The van der Waals surface area contributed by atoms with Crippen molar-refractivity contribution in [1.82, 2.24) is 10.2 Å². The van der Waals surface area contributed by atoms with Crippen LogP contribution in [0.3, 0.4) is 0 Å². The number of nitrogens with zero attached hydrogens (tertiary/aromatic N) is 1. The van der Waals surface area contributed by atoms with Gasteiger partial charge in [0.2, 0.25) is 0 Å². The zero-order valence-electron chi connectivity index (χ0n) is 18.0. The second-order valence-corrected chi connectivity index (χ2v) is 8.95. The Hall–Kier alpha value is -3.11. The molecule has 34 heavy (non-hydrogen) atoms. The van der Waals surface area contributed by atoms with Crippen LogP contribution >= 0.6 is 34.2 Å². The number of rotatable bonds is 7. The third-order valence-electron chi connectivity index (χ3n) is 5.14. The van der Waals surface area contributed by atoms with Crippen LogP contribution in [0, 0.1) is 9.39 Å². The van der Waals surface area contributed by atoms with Gasteiger partial charge in [0.05, 0.1) is 17.2 Å². The lowest BCUT2D eigenvalue weighted by molar-refractivity contribution is -0.123. The average molecular weight is 593 g/mol. The van der Waals surface area contributed by atoms with Gasteiger partial charge in [0.15, 0.2) is 11.5 Å². The van der Waals surface area contributed by atoms with Crippen LogP contribution in [0.15, 0.2) is 66.4 Å². The molecule has 1 saturated heterocycles. The van der Waals surface area contributed by atoms with E-state index in [0.29, 0.717) is 22.1 Å². The van der Waals surface area contributed by atoms with E-state index in [9.17, 15) is 14.0 Å². The van der Waals surface area contributed by atoms with Gasteiger partial charge in [0.1, 0.15) is 18.1 Å². The summed E-state index contributed by atoms with van der Waals surface area (Å²) in [7, 11) is 1.52. The van der Waals surface area contributed by atoms with Crippen LogP contribution in [-0.2, 0) is 17.9 Å². The van der Waals surface area contributed by atoms with Gasteiger partial charge in [0, 0.05) is 16.1 Å². The number of amides is 3. The molecule has 0 spiro atoms. The quantitative estimate of drug-likeness (QED) is 0.215. The molecule has 0 unspecified atom stereocenters. The average Bonchev–Trinajstić information content (AvgIpc) is 3.07. The van der Waals surface area contributed by atoms with Gasteiger partial charge in [-0.2, -0.15) is 0 Å². The van der Waals surface area contributed by atoms with Gasteiger partial charge in [-0.05, 0) is 58.5 Å². The molecule has 6 nitrogen and oxygen atoms in total. The maximum Gasteiger partial charge on any atom is 0.329 e. The lowest BCUT2D eigenvalue weighted by Gasteiger charge is -2.14. The maximum absolute atomic E-state index is 14.0. The standard InChI is InChI=1S/C25H19ClFIN2O4/c1-33-22-12-15(10-20(28)23(22)34-14-17-7-2-4-8-18(17)26)11-21-24(31)30(25(32)29-21)13-16-6-3-5-9-19(16)27/h2-12H,13-14H2,1H3,(H,29,32)/b21-11+. The number of nitrogens with one attached hydrogen (secondary N) is 1. The van der Waals surface area contributed by atoms with Gasteiger partial charge >= 0.3 is 6.03 Å². The van der Waals surface area contributed by atoms with Crippen LogP contribution in [0.5, 0.6) is 11.5 Å². The third-order valence-corrected chi connectivity index (χ3v) is 6.31. The molecule has 1 aliphatic rings. The Bertz CT molecular complexity index is 1300. The highest BCUT2D eigenvalue weighted by atomic mass is 127. The first-order valence-electron chi connectivity index (χ1n) is 10.2. The van der Waals surface area contributed by atoms with Crippen LogP contribution in [0.25, 0.3) is 6.08 Å². The van der Waals surface area contributed by atoms with E-state index >= 15 is 0 Å². The van der Waals surface area contributed by atoms with Crippen molar-refractivity contribution in [2.45, 2.75) is 13.2 Å². The van der Waals surface area contributed by atoms with E-state index in [1.165, 1.54) is 19.2 Å². The van der Waals surface area contributed by atoms with Crippen molar-refractivity contribution in [2.24, 2.45) is 0 Å². The van der Waals surface area contributed by atoms with Crippen molar-refractivity contribution in [3.63, 3.8) is 0 Å². The predicted molar refractivity (Wildman–Crippen MR) is 135 cm³/mol. The molecular weight excluding hydrogens is 574 g/mol. The number of halogens is 3. The van der Waals surface area contributed by atoms with Crippen molar-refractivity contribution >= 4 is 52.2 Å². The van der Waals surface area contributed by atoms with Crippen molar-refractivity contribution in [1.29, 1.82) is 0 Å². The van der Waals surface area contributed by atoms with E-state index in [0.717, 1.165) is 14.0 Å². The molecule has 0 aromatic heterocycles. The molecule has 3 amide bonds. The van der Waals surface area contributed by atoms with Crippen LogP contribution < -0.4 is 14.8 Å². The molecular formula is C25H19ClFIN2O4. The van der Waals surface area contributed by atoms with Gasteiger partial charge < -0.3 is 14.8 Å². The molecule has 0 atom stereocenters. The minimum absolute atomic E-state index is 0.0870. The van der Waals surface area contributed by atoms with Crippen molar-refractivity contribution in [3.8, 4) is 11.5 Å². The fourth-order valence-corrected chi connectivity index (χ4v) is 4.38. The molecule has 0 bridgehead atoms. The Labute approximate surface area is 214 Å². The molecule has 4 rings (SSSR count). The number of methoxy groups -OCH3 is 1. The third kappa shape index (κ3) is 5.18. The summed E-state index contributed by atoms with van der Waals surface area (Å²) in [5.41, 5.74) is 1.80. The van der Waals surface area contributed by atoms with Crippen LogP contribution in [0.4, 0.5) is 9.18 Å². The first kappa shape index (κ1) is 24.0. The van der Waals surface area contributed by atoms with Gasteiger partial charge in [-0.25, -0.2) is 9.18 Å². The number of carbonyl (C=O) groups is 2. The Morgan fingerprint density at radius 3 is 2.50 bits per heavy atom. The van der Waals surface area contributed by atoms with E-state index in [4.69, 9.17) is 21.1 Å². The zero-order valence-corrected chi connectivity index (χ0v) is 20.9. The van der Waals surface area contributed by atoms with Gasteiger partial charge in [-0.1, -0.05) is 48.0 Å². The number of carbonyl (C=O) groups excluding carboxylic acids is 2. The molecule has 0 saturated carbocycles. The molecule has 1 fully saturated rings. The number of urea groups is 1. The summed E-state index contributed by atoms with van der Waals surface area (Å²) >= 11 is 8.32. The summed E-state index contributed by atoms with van der Waals surface area (Å²) in [4.78, 5) is 26.1. The lowest BCUT2D eigenvalue weighted by atomic mass is 10.1. The van der Waals surface area contributed by atoms with Crippen LogP contribution in [0.1, 0.15) is 16.7 Å². The summed E-state index contributed by atoms with van der Waals surface area (Å²) in [6.07, 6.45) is 1.55. The SMILES string of the molecule is COc1cc(/C=C2/NC(=O)N(Cc3ccccc3F)C2=O)cc(I)c1OCc1ccccc1Cl. The molecule has 1 N–H and O–H groups in total. The van der Waals surface area contributed by atoms with Gasteiger partial charge in [-0.15, -0.1) is 0 Å². The molecule has 3 aromatic carbocycles. The molecule has 174 valence electrons. The van der Waals surface area contributed by atoms with Crippen molar-refractivity contribution in [3.05, 3.63) is 97.5 Å². The molecule has 0 radical (unpaired) electrons. The second kappa shape index (κ2) is 10.4. The largest absolute Gasteiger partial charge is 0.493 e. The fraction of sp³-hybridized carbons (Fsp3) is 0.120. The molecule has 1 heterocycles. The number of imide groups is 1. The predicted octanol–water partition coefficient (Wildman–Crippen LogP) is 5.76. The fourth-order valence-electron chi connectivity index (χ4n) is 3.41. The van der Waals surface area contributed by atoms with Gasteiger partial charge in [0.25, 0.3) is 5.91 Å². The molecule has 0 aliphatic carbocycles. The topological polar surface area (TPSA) is 67.9 Å². The summed E-state index contributed by atoms with van der Waals surface area (Å²) in [6.45, 7) is 0.0936. The Morgan fingerprint density at radius 1 is 1.09 bits per heavy atom. The second-order valence-electron chi connectivity index (χ2n) is 7.39. The number of benzene rings is 3. The minimum Gasteiger partial charge on any atom is -0.493 e. The minimum atomic E-state index is -0.610. The number of hydrogen-bond donors (Lipinski definition) is 1. The first-order valence-corrected chi connectivity index (χ1v) is 11.6. The molecule has 1 aliphatic heterocycles. The monoisotopic (exact) mass is 592 g/mol. The highest BCUT2D eigenvalue weighted by Gasteiger charge is 2.34. The highest BCUT2D eigenvalue weighted by molar-refractivity contribution is 14.1. The zero-order chi connectivity index (χ0) is 24.2. The molecule has 9 heteroatoms. The summed E-state index contributed by atoms with van der Waals surface area (Å²) < 4.78 is 26.2. The Kier molecular flexibility index (Phi) is 7.38. The van der Waals surface area contributed by atoms with Gasteiger partial charge in [-0.3, -0.25) is 9.69 Å². The van der Waals surface area contributed by atoms with Crippen LogP contribution in [0.2, 0.25) is 5.02 Å². The summed E-state index contributed by atoms with van der Waals surface area (Å²) in [5, 5.41) is 3.16. The summed E-state index contributed by atoms with van der Waals surface area (Å²) in [5.74, 6) is -0.0209. The summed E-state index contributed by atoms with van der Waals surface area (Å²) in [6, 6.07) is 16.3.